The van der Waals surface area contributed by atoms with Gasteiger partial charge in [0, 0.05) is 22.9 Å². The second kappa shape index (κ2) is 10.0. The molecule has 4 aliphatic rings. The van der Waals surface area contributed by atoms with Crippen molar-refractivity contribution in [1.29, 1.82) is 0 Å². The Balaban J connectivity index is 0.992. The molecule has 1 heterocycles. The third-order valence-corrected chi connectivity index (χ3v) is 9.21. The van der Waals surface area contributed by atoms with E-state index < -0.39 is 30.3 Å². The fourth-order valence-corrected chi connectivity index (χ4v) is 7.41. The van der Waals surface area contributed by atoms with Crippen molar-refractivity contribution in [2.45, 2.75) is 11.8 Å². The molecule has 1 N–H and O–H groups in total. The number of amides is 3. The molecule has 2 bridgehead atoms. The van der Waals surface area contributed by atoms with Gasteiger partial charge in [0.25, 0.3) is 5.91 Å². The monoisotopic (exact) mass is 578 g/mol. The maximum Gasteiger partial charge on any atom is 0.338 e. The van der Waals surface area contributed by atoms with Gasteiger partial charge in [0.1, 0.15) is 0 Å². The molecule has 44 heavy (non-hydrogen) atoms. The molecule has 5 aromatic carbocycles. The minimum atomic E-state index is -0.679. The van der Waals surface area contributed by atoms with Crippen LogP contribution in [0.4, 0.5) is 11.4 Å². The van der Waals surface area contributed by atoms with Crippen molar-refractivity contribution in [3.63, 3.8) is 0 Å². The van der Waals surface area contributed by atoms with Gasteiger partial charge >= 0.3 is 5.97 Å². The van der Waals surface area contributed by atoms with Crippen molar-refractivity contribution >= 4 is 45.8 Å². The van der Waals surface area contributed by atoms with Crippen LogP contribution in [0.15, 0.2) is 115 Å². The third-order valence-electron chi connectivity index (χ3n) is 9.21. The fourth-order valence-electron chi connectivity index (χ4n) is 7.41. The molecule has 0 radical (unpaired) electrons. The van der Waals surface area contributed by atoms with E-state index in [9.17, 15) is 19.2 Å². The number of hydrogen-bond acceptors (Lipinski definition) is 5. The molecule has 214 valence electrons. The Bertz CT molecular complexity index is 1900. The lowest BCUT2D eigenvalue weighted by Crippen LogP contribution is -2.41. The van der Waals surface area contributed by atoms with Crippen LogP contribution in [0.2, 0.25) is 0 Å². The minimum Gasteiger partial charge on any atom is -0.452 e. The van der Waals surface area contributed by atoms with Crippen molar-refractivity contribution in [1.82, 2.24) is 0 Å². The van der Waals surface area contributed by atoms with E-state index in [-0.39, 0.29) is 29.2 Å². The summed E-state index contributed by atoms with van der Waals surface area (Å²) in [7, 11) is 0. The molecular formula is C37H26N2O5. The fraction of sp³-hybridized carbons (Fsp3) is 0.135. The Morgan fingerprint density at radius 3 is 1.75 bits per heavy atom. The van der Waals surface area contributed by atoms with E-state index in [0.29, 0.717) is 11.4 Å². The van der Waals surface area contributed by atoms with Crippen LogP contribution >= 0.6 is 0 Å². The summed E-state index contributed by atoms with van der Waals surface area (Å²) in [6.07, 6.45) is 0. The van der Waals surface area contributed by atoms with Gasteiger partial charge in [-0.05, 0) is 58.0 Å². The van der Waals surface area contributed by atoms with Gasteiger partial charge in [-0.1, -0.05) is 84.9 Å². The van der Waals surface area contributed by atoms with Crippen LogP contribution in [0.25, 0.3) is 10.8 Å². The second-order valence-electron chi connectivity index (χ2n) is 11.5. The number of imide groups is 1. The summed E-state index contributed by atoms with van der Waals surface area (Å²) in [5, 5.41) is 4.67. The molecule has 1 saturated heterocycles. The lowest BCUT2D eigenvalue weighted by atomic mass is 9.55. The number of carbonyl (C=O) groups excluding carboxylic acids is 4. The van der Waals surface area contributed by atoms with E-state index in [1.54, 1.807) is 18.2 Å². The topological polar surface area (TPSA) is 92.8 Å². The number of nitrogens with one attached hydrogen (secondary N) is 1. The number of fused-ring (bicyclic) bond motifs is 1. The number of hydrogen-bond donors (Lipinski definition) is 1. The van der Waals surface area contributed by atoms with Gasteiger partial charge in [0.05, 0.1) is 23.1 Å². The highest BCUT2D eigenvalue weighted by Crippen LogP contribution is 2.61. The van der Waals surface area contributed by atoms with Crippen molar-refractivity contribution < 1.29 is 23.9 Å². The first-order chi connectivity index (χ1) is 21.5. The largest absolute Gasteiger partial charge is 0.452 e. The Morgan fingerprint density at radius 2 is 1.16 bits per heavy atom. The molecule has 0 unspecified atom stereocenters. The minimum absolute atomic E-state index is 0.187. The average molecular weight is 579 g/mol. The summed E-state index contributed by atoms with van der Waals surface area (Å²) < 4.78 is 5.27. The van der Waals surface area contributed by atoms with Crippen LogP contribution in [0.3, 0.4) is 0 Å². The Kier molecular flexibility index (Phi) is 5.94. The first kappa shape index (κ1) is 26.1. The zero-order chi connectivity index (χ0) is 29.9. The molecular weight excluding hydrogens is 552 g/mol. The van der Waals surface area contributed by atoms with E-state index >= 15 is 0 Å². The van der Waals surface area contributed by atoms with Gasteiger partial charge in [-0.2, -0.15) is 0 Å². The van der Waals surface area contributed by atoms with Crippen LogP contribution < -0.4 is 10.2 Å². The molecule has 0 aromatic heterocycles. The van der Waals surface area contributed by atoms with Gasteiger partial charge in [-0.15, -0.1) is 0 Å². The molecule has 3 aliphatic carbocycles. The summed E-state index contributed by atoms with van der Waals surface area (Å²) in [5.41, 5.74) is 5.71. The maximum absolute atomic E-state index is 14.0. The Morgan fingerprint density at radius 1 is 0.636 bits per heavy atom. The highest BCUT2D eigenvalue weighted by Gasteiger charge is 2.61. The Hall–Kier alpha value is -5.56. The summed E-state index contributed by atoms with van der Waals surface area (Å²) >= 11 is 0. The molecule has 1 aliphatic heterocycles. The molecule has 7 heteroatoms. The van der Waals surface area contributed by atoms with Gasteiger partial charge < -0.3 is 10.1 Å². The van der Waals surface area contributed by atoms with Crippen molar-refractivity contribution in [2.24, 2.45) is 11.8 Å². The number of nitrogens with zero attached hydrogens (tertiary/aromatic N) is 1. The van der Waals surface area contributed by atoms with Gasteiger partial charge in [-0.25, -0.2) is 9.69 Å². The number of carbonyl (C=O) groups is 4. The molecule has 5 aromatic rings. The number of esters is 1. The summed E-state index contributed by atoms with van der Waals surface area (Å²) in [4.78, 5) is 54.5. The molecule has 7 nitrogen and oxygen atoms in total. The van der Waals surface area contributed by atoms with Gasteiger partial charge in [0.15, 0.2) is 6.61 Å². The lowest BCUT2D eigenvalue weighted by molar-refractivity contribution is -0.122. The summed E-state index contributed by atoms with van der Waals surface area (Å²) in [6, 6.07) is 35.7. The molecule has 0 spiro atoms. The molecule has 9 rings (SSSR count). The van der Waals surface area contributed by atoms with Crippen LogP contribution in [0.5, 0.6) is 0 Å². The predicted octanol–water partition coefficient (Wildman–Crippen LogP) is 6.03. The predicted molar refractivity (Wildman–Crippen MR) is 165 cm³/mol. The third kappa shape index (κ3) is 3.89. The van der Waals surface area contributed by atoms with E-state index in [4.69, 9.17) is 4.74 Å². The number of ether oxygens (including phenoxy) is 1. The first-order valence-electron chi connectivity index (χ1n) is 14.6. The van der Waals surface area contributed by atoms with Crippen LogP contribution in [0, 0.1) is 11.8 Å². The second-order valence-corrected chi connectivity index (χ2v) is 11.5. The van der Waals surface area contributed by atoms with Gasteiger partial charge in [-0.3, -0.25) is 14.4 Å². The van der Waals surface area contributed by atoms with Crippen LogP contribution in [0.1, 0.15) is 44.4 Å². The molecule has 0 saturated carbocycles. The lowest BCUT2D eigenvalue weighted by Gasteiger charge is -2.45. The number of anilines is 2. The van der Waals surface area contributed by atoms with Crippen molar-refractivity contribution in [2.75, 3.05) is 16.8 Å². The highest BCUT2D eigenvalue weighted by molar-refractivity contribution is 6.23. The van der Waals surface area contributed by atoms with E-state index in [2.05, 4.69) is 29.6 Å². The highest BCUT2D eigenvalue weighted by atomic mass is 16.5. The standard InChI is InChI=1S/C37H26N2O5/c40-30(38-29-15-7-9-21-8-1-2-10-24(21)29)20-44-37(43)22-16-18-23(19-17-22)39-35(41)33-31-25-11-3-4-12-26(25)32(34(33)36(39)42)28-14-6-5-13-27(28)31/h1-19,31-34H,20H2,(H,38,40)/t31?,32?,33-,34-/m1/s1. The van der Waals surface area contributed by atoms with Crippen LogP contribution in [-0.2, 0) is 19.1 Å². The smallest absolute Gasteiger partial charge is 0.338 e. The van der Waals surface area contributed by atoms with Gasteiger partial charge in [0.2, 0.25) is 11.8 Å². The number of benzene rings is 5. The van der Waals surface area contributed by atoms with Crippen LogP contribution in [-0.4, -0.2) is 30.3 Å². The molecule has 3 amide bonds. The van der Waals surface area contributed by atoms with E-state index in [1.165, 1.54) is 17.0 Å². The van der Waals surface area contributed by atoms with E-state index in [0.717, 1.165) is 33.0 Å². The summed E-state index contributed by atoms with van der Waals surface area (Å²) in [6.45, 7) is -0.458. The van der Waals surface area contributed by atoms with E-state index in [1.807, 2.05) is 60.7 Å². The molecule has 1 fully saturated rings. The SMILES string of the molecule is O=C(COC(=O)c1ccc(N2C(=O)[C@@H]3C4c5ccccc5C(c5ccccc54)[C@H]3C2=O)cc1)Nc1cccc2ccccc12. The quantitative estimate of drug-likeness (QED) is 0.203. The zero-order valence-electron chi connectivity index (χ0n) is 23.5. The molecule has 2 atom stereocenters. The summed E-state index contributed by atoms with van der Waals surface area (Å²) in [5.74, 6) is -2.93. The van der Waals surface area contributed by atoms with Crippen molar-refractivity contribution in [3.8, 4) is 0 Å². The average Bonchev–Trinajstić information content (AvgIpc) is 3.33. The normalized spacial score (nSPS) is 21.0. The number of rotatable bonds is 5. The maximum atomic E-state index is 14.0. The Labute approximate surface area is 253 Å². The first-order valence-corrected chi connectivity index (χ1v) is 14.6. The van der Waals surface area contributed by atoms with Crippen molar-refractivity contribution in [3.05, 3.63) is 143 Å². The zero-order valence-corrected chi connectivity index (χ0v) is 23.5.